The van der Waals surface area contributed by atoms with E-state index < -0.39 is 36.4 Å². The molecule has 0 fully saturated rings. The molecule has 0 heterocycles. The molecule has 0 aliphatic carbocycles. The first kappa shape index (κ1) is 18.4. The van der Waals surface area contributed by atoms with E-state index in [1.165, 1.54) is 11.8 Å². The Kier molecular flexibility index (Phi) is 7.65. The van der Waals surface area contributed by atoms with E-state index in [0.29, 0.717) is 0 Å². The lowest BCUT2D eigenvalue weighted by atomic mass is 9.91. The summed E-state index contributed by atoms with van der Waals surface area (Å²) < 4.78 is 0. The zero-order valence-electron chi connectivity index (χ0n) is 11.7. The molecule has 4 atom stereocenters. The molecular formula is C12H25NO6. The third-order valence-corrected chi connectivity index (χ3v) is 3.29. The first-order valence-corrected chi connectivity index (χ1v) is 6.46. The monoisotopic (exact) mass is 279 g/mol. The standard InChI is InChI=1S/C12H25NO6/c1-4-9(16)12(19,13(5-2)6-3)11(18)10(17)8(15)7-14/h8,10-11,14-15,17-19H,4-7H2,1-3H3. The molecule has 114 valence electrons. The van der Waals surface area contributed by atoms with Crippen LogP contribution in [0, 0.1) is 0 Å². The third kappa shape index (κ3) is 3.71. The number of Topliss-reactive ketones (excluding diaryl/α,β-unsaturated/α-hetero) is 1. The molecule has 0 aliphatic heterocycles. The molecule has 7 heteroatoms. The Morgan fingerprint density at radius 1 is 1.16 bits per heavy atom. The number of ketones is 1. The van der Waals surface area contributed by atoms with Gasteiger partial charge in [-0.1, -0.05) is 20.8 Å². The Bertz CT molecular complexity index is 283. The molecule has 0 amide bonds. The molecular weight excluding hydrogens is 254 g/mol. The van der Waals surface area contributed by atoms with Gasteiger partial charge in [0.2, 0.25) is 5.72 Å². The number of aliphatic hydroxyl groups excluding tert-OH is 4. The molecule has 7 nitrogen and oxygen atoms in total. The number of likely N-dealkylation sites (N-methyl/N-ethyl adjacent to an activating group) is 1. The predicted octanol–water partition coefficient (Wildman–Crippen LogP) is -1.93. The fourth-order valence-corrected chi connectivity index (χ4v) is 2.05. The van der Waals surface area contributed by atoms with Gasteiger partial charge in [-0.2, -0.15) is 0 Å². The Labute approximate surface area is 113 Å². The average Bonchev–Trinajstić information content (AvgIpc) is 2.44. The second kappa shape index (κ2) is 7.88. The summed E-state index contributed by atoms with van der Waals surface area (Å²) in [6.45, 7) is 4.68. The van der Waals surface area contributed by atoms with E-state index in [9.17, 15) is 25.2 Å². The number of carbonyl (C=O) groups excluding carboxylic acids is 1. The van der Waals surface area contributed by atoms with Crippen LogP contribution in [0.25, 0.3) is 0 Å². The van der Waals surface area contributed by atoms with Crippen molar-refractivity contribution >= 4 is 5.78 Å². The summed E-state index contributed by atoms with van der Waals surface area (Å²) in [7, 11) is 0. The van der Waals surface area contributed by atoms with Crippen molar-refractivity contribution in [3.8, 4) is 0 Å². The molecule has 19 heavy (non-hydrogen) atoms. The Morgan fingerprint density at radius 2 is 1.63 bits per heavy atom. The zero-order valence-corrected chi connectivity index (χ0v) is 11.7. The summed E-state index contributed by atoms with van der Waals surface area (Å²) in [5, 5.41) is 48.4. The van der Waals surface area contributed by atoms with Gasteiger partial charge in [-0.25, -0.2) is 0 Å². The van der Waals surface area contributed by atoms with Crippen LogP contribution in [-0.2, 0) is 4.79 Å². The average molecular weight is 279 g/mol. The highest BCUT2D eigenvalue weighted by atomic mass is 16.4. The van der Waals surface area contributed by atoms with E-state index in [2.05, 4.69) is 0 Å². The maximum Gasteiger partial charge on any atom is 0.207 e. The minimum absolute atomic E-state index is 0.0357. The lowest BCUT2D eigenvalue weighted by molar-refractivity contribution is -0.217. The van der Waals surface area contributed by atoms with Gasteiger partial charge >= 0.3 is 0 Å². The van der Waals surface area contributed by atoms with Gasteiger partial charge in [0.05, 0.1) is 6.61 Å². The molecule has 0 spiro atoms. The third-order valence-electron chi connectivity index (χ3n) is 3.29. The summed E-state index contributed by atoms with van der Waals surface area (Å²) >= 11 is 0. The number of aliphatic hydroxyl groups is 5. The largest absolute Gasteiger partial charge is 0.394 e. The zero-order chi connectivity index (χ0) is 15.2. The first-order valence-electron chi connectivity index (χ1n) is 6.46. The van der Waals surface area contributed by atoms with Crippen LogP contribution in [0.2, 0.25) is 0 Å². The highest BCUT2D eigenvalue weighted by Gasteiger charge is 2.50. The van der Waals surface area contributed by atoms with E-state index in [1.54, 1.807) is 13.8 Å². The molecule has 0 rings (SSSR count). The highest BCUT2D eigenvalue weighted by molar-refractivity contribution is 5.87. The molecule has 0 aromatic heterocycles. The van der Waals surface area contributed by atoms with Crippen molar-refractivity contribution in [1.29, 1.82) is 0 Å². The van der Waals surface area contributed by atoms with Gasteiger partial charge in [0, 0.05) is 6.42 Å². The minimum atomic E-state index is -2.28. The molecule has 0 radical (unpaired) electrons. The predicted molar refractivity (Wildman–Crippen MR) is 68.3 cm³/mol. The fraction of sp³-hybridized carbons (Fsp3) is 0.917. The van der Waals surface area contributed by atoms with Gasteiger partial charge in [-0.3, -0.25) is 9.69 Å². The number of hydrogen-bond acceptors (Lipinski definition) is 7. The van der Waals surface area contributed by atoms with E-state index in [1.807, 2.05) is 0 Å². The van der Waals surface area contributed by atoms with Crippen molar-refractivity contribution in [1.82, 2.24) is 4.90 Å². The summed E-state index contributed by atoms with van der Waals surface area (Å²) in [6, 6.07) is 0. The van der Waals surface area contributed by atoms with Crippen molar-refractivity contribution in [3.05, 3.63) is 0 Å². The van der Waals surface area contributed by atoms with Crippen LogP contribution in [0.5, 0.6) is 0 Å². The van der Waals surface area contributed by atoms with Crippen LogP contribution in [0.1, 0.15) is 27.2 Å². The molecule has 4 unspecified atom stereocenters. The number of hydrogen-bond donors (Lipinski definition) is 5. The molecule has 0 saturated heterocycles. The Morgan fingerprint density at radius 3 is 1.95 bits per heavy atom. The molecule has 5 N–H and O–H groups in total. The fourth-order valence-electron chi connectivity index (χ4n) is 2.05. The summed E-state index contributed by atoms with van der Waals surface area (Å²) in [4.78, 5) is 13.2. The number of rotatable bonds is 9. The molecule has 0 aliphatic rings. The van der Waals surface area contributed by atoms with Gasteiger partial charge in [0.25, 0.3) is 0 Å². The summed E-state index contributed by atoms with van der Waals surface area (Å²) in [6.07, 6.45) is -5.42. The van der Waals surface area contributed by atoms with Gasteiger partial charge < -0.3 is 25.5 Å². The van der Waals surface area contributed by atoms with Crippen LogP contribution < -0.4 is 0 Å². The SMILES string of the molecule is CCC(=O)C(O)(C(O)C(O)C(O)CO)N(CC)CC. The lowest BCUT2D eigenvalue weighted by Gasteiger charge is -2.42. The Balaban J connectivity index is 5.41. The van der Waals surface area contributed by atoms with Crippen molar-refractivity contribution in [3.63, 3.8) is 0 Å². The van der Waals surface area contributed by atoms with Crippen molar-refractivity contribution in [2.75, 3.05) is 19.7 Å². The quantitative estimate of drug-likeness (QED) is 0.312. The van der Waals surface area contributed by atoms with E-state index in [0.717, 1.165) is 0 Å². The number of carbonyl (C=O) groups is 1. The van der Waals surface area contributed by atoms with Gasteiger partial charge in [-0.15, -0.1) is 0 Å². The van der Waals surface area contributed by atoms with Crippen LogP contribution in [-0.4, -0.2) is 79.9 Å². The van der Waals surface area contributed by atoms with Gasteiger partial charge in [-0.05, 0) is 13.1 Å². The second-order valence-electron chi connectivity index (χ2n) is 4.36. The second-order valence-corrected chi connectivity index (χ2v) is 4.36. The highest BCUT2D eigenvalue weighted by Crippen LogP contribution is 2.23. The van der Waals surface area contributed by atoms with E-state index in [-0.39, 0.29) is 19.5 Å². The van der Waals surface area contributed by atoms with Gasteiger partial charge in [0.1, 0.15) is 18.3 Å². The Hall–Kier alpha value is -0.570. The molecule has 0 aromatic carbocycles. The molecule has 0 bridgehead atoms. The number of nitrogens with zero attached hydrogens (tertiary/aromatic N) is 1. The van der Waals surface area contributed by atoms with Crippen molar-refractivity contribution in [2.24, 2.45) is 0 Å². The maximum atomic E-state index is 11.9. The van der Waals surface area contributed by atoms with Gasteiger partial charge in [0.15, 0.2) is 5.78 Å². The summed E-state index contributed by atoms with van der Waals surface area (Å²) in [5.41, 5.74) is -2.28. The first-order chi connectivity index (χ1) is 8.80. The molecule has 0 saturated carbocycles. The lowest BCUT2D eigenvalue weighted by Crippen LogP contribution is -2.66. The normalized spacial score (nSPS) is 19.8. The van der Waals surface area contributed by atoms with Crippen molar-refractivity contribution in [2.45, 2.75) is 51.2 Å². The van der Waals surface area contributed by atoms with Crippen molar-refractivity contribution < 1.29 is 30.3 Å². The minimum Gasteiger partial charge on any atom is -0.394 e. The van der Waals surface area contributed by atoms with Crippen LogP contribution in [0.15, 0.2) is 0 Å². The maximum absolute atomic E-state index is 11.9. The van der Waals surface area contributed by atoms with E-state index in [4.69, 9.17) is 5.11 Å². The smallest absolute Gasteiger partial charge is 0.207 e. The van der Waals surface area contributed by atoms with Crippen LogP contribution in [0.4, 0.5) is 0 Å². The van der Waals surface area contributed by atoms with Crippen LogP contribution >= 0.6 is 0 Å². The topological polar surface area (TPSA) is 121 Å². The van der Waals surface area contributed by atoms with E-state index >= 15 is 0 Å². The van der Waals surface area contributed by atoms with Crippen LogP contribution in [0.3, 0.4) is 0 Å². The molecule has 0 aromatic rings. The summed E-state index contributed by atoms with van der Waals surface area (Å²) in [5.74, 6) is -0.659.